The smallest absolute Gasteiger partial charge is 0.326 e. The number of fused-ring (bicyclic) bond motifs is 1. The van der Waals surface area contributed by atoms with Crippen LogP contribution >= 0.6 is 22.9 Å². The number of hydrogen-bond donors (Lipinski definition) is 1. The molecular formula is C15H16ClN3O3S. The molecule has 2 aromatic rings. The SMILES string of the molecule is O=C=Cc1c(Cl)ccc2sc(=O)n(N3CCN(CCO)CC3)c12. The number of thiazole rings is 1. The van der Waals surface area contributed by atoms with Crippen LogP contribution in [0.2, 0.25) is 5.02 Å². The van der Waals surface area contributed by atoms with Gasteiger partial charge in [0.1, 0.15) is 5.94 Å². The predicted molar refractivity (Wildman–Crippen MR) is 92.7 cm³/mol. The maximum atomic E-state index is 12.4. The van der Waals surface area contributed by atoms with E-state index in [1.54, 1.807) is 22.8 Å². The molecule has 1 saturated heterocycles. The largest absolute Gasteiger partial charge is 0.395 e. The Morgan fingerprint density at radius 1 is 1.30 bits per heavy atom. The Morgan fingerprint density at radius 2 is 2.04 bits per heavy atom. The number of nitrogens with zero attached hydrogens (tertiary/aromatic N) is 3. The van der Waals surface area contributed by atoms with E-state index in [-0.39, 0.29) is 11.5 Å². The maximum Gasteiger partial charge on any atom is 0.326 e. The summed E-state index contributed by atoms with van der Waals surface area (Å²) in [5.74, 6) is 1.76. The van der Waals surface area contributed by atoms with Gasteiger partial charge in [-0.2, -0.15) is 0 Å². The number of halogens is 1. The van der Waals surface area contributed by atoms with Gasteiger partial charge in [0.25, 0.3) is 0 Å². The molecule has 1 aromatic heterocycles. The topological polar surface area (TPSA) is 65.8 Å². The predicted octanol–water partition coefficient (Wildman–Crippen LogP) is 0.807. The third-order valence-electron chi connectivity index (χ3n) is 3.96. The standard InChI is InChI=1S/C15H16ClN3O3S/c16-12-1-2-13-14(11(12)3-9-20)19(15(22)23-13)18-6-4-17(5-7-18)8-10-21/h1-3,21H,4-8,10H2. The van der Waals surface area contributed by atoms with Crippen molar-refractivity contribution >= 4 is 45.2 Å². The lowest BCUT2D eigenvalue weighted by atomic mass is 10.2. The molecule has 1 aromatic carbocycles. The van der Waals surface area contributed by atoms with Crippen LogP contribution in [0.5, 0.6) is 0 Å². The first kappa shape index (κ1) is 16.2. The van der Waals surface area contributed by atoms with Gasteiger partial charge < -0.3 is 10.1 Å². The molecule has 0 bridgehead atoms. The van der Waals surface area contributed by atoms with Crippen molar-refractivity contribution in [1.82, 2.24) is 9.58 Å². The lowest BCUT2D eigenvalue weighted by Crippen LogP contribution is -2.53. The molecule has 0 spiro atoms. The second-order valence-electron chi connectivity index (χ2n) is 5.27. The monoisotopic (exact) mass is 353 g/mol. The molecule has 0 aliphatic carbocycles. The van der Waals surface area contributed by atoms with Gasteiger partial charge in [-0.15, -0.1) is 0 Å². The highest BCUT2D eigenvalue weighted by atomic mass is 35.5. The first-order valence-corrected chi connectivity index (χ1v) is 8.48. The number of carbonyl (C=O) groups excluding carboxylic acids is 1. The molecular weight excluding hydrogens is 338 g/mol. The first-order chi connectivity index (χ1) is 11.2. The van der Waals surface area contributed by atoms with Crippen LogP contribution < -0.4 is 9.88 Å². The lowest BCUT2D eigenvalue weighted by molar-refractivity contribution is 0.181. The minimum Gasteiger partial charge on any atom is -0.395 e. The quantitative estimate of drug-likeness (QED) is 0.824. The van der Waals surface area contributed by atoms with Gasteiger partial charge in [-0.1, -0.05) is 22.9 Å². The van der Waals surface area contributed by atoms with E-state index in [9.17, 15) is 9.59 Å². The fourth-order valence-corrected chi connectivity index (χ4v) is 3.97. The molecule has 6 nitrogen and oxygen atoms in total. The van der Waals surface area contributed by atoms with E-state index in [2.05, 4.69) is 4.90 Å². The van der Waals surface area contributed by atoms with Gasteiger partial charge >= 0.3 is 4.87 Å². The van der Waals surface area contributed by atoms with Gasteiger partial charge in [-0.3, -0.25) is 9.69 Å². The van der Waals surface area contributed by atoms with Gasteiger partial charge in [-0.25, -0.2) is 9.47 Å². The number of hydrogen-bond acceptors (Lipinski definition) is 6. The number of benzene rings is 1. The van der Waals surface area contributed by atoms with E-state index < -0.39 is 0 Å². The molecule has 3 rings (SSSR count). The van der Waals surface area contributed by atoms with Crippen LogP contribution in [0.1, 0.15) is 5.56 Å². The van der Waals surface area contributed by atoms with E-state index >= 15 is 0 Å². The Kier molecular flexibility index (Phi) is 4.84. The van der Waals surface area contributed by atoms with Crippen LogP contribution in [0.3, 0.4) is 0 Å². The van der Waals surface area contributed by atoms with Crippen molar-refractivity contribution in [2.24, 2.45) is 0 Å². The molecule has 0 amide bonds. The zero-order chi connectivity index (χ0) is 16.4. The molecule has 0 saturated carbocycles. The van der Waals surface area contributed by atoms with E-state index in [4.69, 9.17) is 16.7 Å². The molecule has 122 valence electrons. The summed E-state index contributed by atoms with van der Waals surface area (Å²) in [4.78, 5) is 25.3. The van der Waals surface area contributed by atoms with Gasteiger partial charge in [0.15, 0.2) is 0 Å². The summed E-state index contributed by atoms with van der Waals surface area (Å²) in [7, 11) is 0. The molecule has 1 aliphatic heterocycles. The number of aliphatic hydroxyl groups is 1. The zero-order valence-corrected chi connectivity index (χ0v) is 13.9. The second-order valence-corrected chi connectivity index (χ2v) is 6.67. The molecule has 1 N–H and O–H groups in total. The molecule has 2 heterocycles. The number of aliphatic hydroxyl groups excluding tert-OH is 1. The van der Waals surface area contributed by atoms with E-state index in [0.29, 0.717) is 35.7 Å². The highest BCUT2D eigenvalue weighted by Crippen LogP contribution is 2.29. The summed E-state index contributed by atoms with van der Waals surface area (Å²) < 4.78 is 2.41. The van der Waals surface area contributed by atoms with Crippen molar-refractivity contribution in [2.75, 3.05) is 44.3 Å². The molecule has 1 fully saturated rings. The first-order valence-electron chi connectivity index (χ1n) is 7.29. The van der Waals surface area contributed by atoms with E-state index in [1.807, 2.05) is 5.01 Å². The molecule has 0 atom stereocenters. The molecule has 0 radical (unpaired) electrons. The van der Waals surface area contributed by atoms with Crippen LogP contribution in [0.4, 0.5) is 0 Å². The third-order valence-corrected chi connectivity index (χ3v) is 5.19. The maximum absolute atomic E-state index is 12.4. The van der Waals surface area contributed by atoms with Crippen LogP contribution in [-0.4, -0.2) is 60.0 Å². The summed E-state index contributed by atoms with van der Waals surface area (Å²) in [6, 6.07) is 3.48. The number of β-amino-alcohol motifs (C(OH)–C–C–N with tert-alkyl or cyclic N) is 1. The molecule has 8 heteroatoms. The van der Waals surface area contributed by atoms with Gasteiger partial charge in [0.2, 0.25) is 0 Å². The lowest BCUT2D eigenvalue weighted by Gasteiger charge is -2.36. The van der Waals surface area contributed by atoms with Gasteiger partial charge in [0.05, 0.1) is 21.8 Å². The molecule has 23 heavy (non-hydrogen) atoms. The fourth-order valence-electron chi connectivity index (χ4n) is 2.85. The summed E-state index contributed by atoms with van der Waals surface area (Å²) in [6.07, 6.45) is 1.27. The van der Waals surface area contributed by atoms with Crippen molar-refractivity contribution < 1.29 is 9.90 Å². The van der Waals surface area contributed by atoms with Crippen LogP contribution in [0.15, 0.2) is 16.9 Å². The van der Waals surface area contributed by atoms with Crippen LogP contribution in [0, 0.1) is 0 Å². The van der Waals surface area contributed by atoms with Crippen molar-refractivity contribution in [1.29, 1.82) is 0 Å². The summed E-state index contributed by atoms with van der Waals surface area (Å²) in [6.45, 7) is 3.64. The van der Waals surface area contributed by atoms with Gasteiger partial charge in [-0.05, 0) is 12.1 Å². The van der Waals surface area contributed by atoms with Crippen LogP contribution in [0.25, 0.3) is 16.3 Å². The molecule has 0 unspecified atom stereocenters. The Balaban J connectivity index is 2.04. The minimum atomic E-state index is -0.0987. The van der Waals surface area contributed by atoms with Crippen molar-refractivity contribution in [3.05, 3.63) is 32.4 Å². The van der Waals surface area contributed by atoms with Gasteiger partial charge in [0, 0.05) is 44.4 Å². The average Bonchev–Trinajstić information content (AvgIpc) is 2.88. The van der Waals surface area contributed by atoms with Crippen molar-refractivity contribution in [3.63, 3.8) is 0 Å². The van der Waals surface area contributed by atoms with Crippen LogP contribution in [-0.2, 0) is 4.79 Å². The number of piperazine rings is 1. The second kappa shape index (κ2) is 6.86. The fraction of sp³-hybridized carbons (Fsp3) is 0.400. The Morgan fingerprint density at radius 3 is 2.70 bits per heavy atom. The summed E-state index contributed by atoms with van der Waals surface area (Å²) in [5, 5.41) is 11.4. The molecule has 1 aliphatic rings. The van der Waals surface area contributed by atoms with Crippen molar-refractivity contribution in [2.45, 2.75) is 0 Å². The Bertz CT molecular complexity index is 817. The normalized spacial score (nSPS) is 15.8. The summed E-state index contributed by atoms with van der Waals surface area (Å²) in [5.41, 5.74) is 1.18. The Labute approximate surface area is 141 Å². The number of aromatic nitrogens is 1. The highest BCUT2D eigenvalue weighted by molar-refractivity contribution is 7.16. The van der Waals surface area contributed by atoms with Crippen molar-refractivity contribution in [3.8, 4) is 0 Å². The average molecular weight is 354 g/mol. The third kappa shape index (κ3) is 3.06. The zero-order valence-electron chi connectivity index (χ0n) is 12.4. The van der Waals surface area contributed by atoms with E-state index in [1.165, 1.54) is 6.08 Å². The minimum absolute atomic E-state index is 0.0987. The number of rotatable bonds is 4. The van der Waals surface area contributed by atoms with E-state index in [0.717, 1.165) is 29.1 Å². The highest BCUT2D eigenvalue weighted by Gasteiger charge is 2.22. The summed E-state index contributed by atoms with van der Waals surface area (Å²) >= 11 is 7.33. The Hall–Kier alpha value is -1.63.